The van der Waals surface area contributed by atoms with Gasteiger partial charge in [0.15, 0.2) is 5.96 Å². The molecule has 0 saturated carbocycles. The minimum atomic E-state index is 0.105. The van der Waals surface area contributed by atoms with E-state index in [0.29, 0.717) is 13.0 Å². The molecule has 140 valence electrons. The minimum absolute atomic E-state index is 0.105. The molecule has 0 saturated heterocycles. The van der Waals surface area contributed by atoms with E-state index in [2.05, 4.69) is 58.6 Å². The summed E-state index contributed by atoms with van der Waals surface area (Å²) in [5.41, 5.74) is 1.29. The van der Waals surface area contributed by atoms with Crippen LogP contribution in [0.3, 0.4) is 0 Å². The van der Waals surface area contributed by atoms with Gasteiger partial charge in [-0.25, -0.2) is 0 Å². The molecule has 1 rings (SSSR count). The molecule has 0 aliphatic heterocycles. The third kappa shape index (κ3) is 7.13. The highest BCUT2D eigenvalue weighted by Gasteiger charge is 2.18. The van der Waals surface area contributed by atoms with Crippen molar-refractivity contribution in [1.82, 2.24) is 20.4 Å². The number of hydrogen-bond donors (Lipinski definition) is 2. The summed E-state index contributed by atoms with van der Waals surface area (Å²) in [6.07, 6.45) is 0.450. The maximum absolute atomic E-state index is 11.6. The van der Waals surface area contributed by atoms with Gasteiger partial charge in [0.1, 0.15) is 0 Å². The van der Waals surface area contributed by atoms with Crippen molar-refractivity contribution in [2.75, 3.05) is 47.3 Å². The lowest BCUT2D eigenvalue weighted by atomic mass is 10.1. The summed E-state index contributed by atoms with van der Waals surface area (Å²) < 4.78 is 0. The molecule has 0 bridgehead atoms. The molecular formula is C19H33N5O. The topological polar surface area (TPSA) is 60.0 Å². The van der Waals surface area contributed by atoms with Crippen molar-refractivity contribution in [2.24, 2.45) is 4.99 Å². The van der Waals surface area contributed by atoms with Gasteiger partial charge in [-0.15, -0.1) is 0 Å². The van der Waals surface area contributed by atoms with Crippen LogP contribution in [-0.4, -0.2) is 69.0 Å². The number of nitrogens with zero attached hydrogens (tertiary/aromatic N) is 3. The van der Waals surface area contributed by atoms with Gasteiger partial charge in [-0.3, -0.25) is 14.7 Å². The van der Waals surface area contributed by atoms with Crippen LogP contribution >= 0.6 is 0 Å². The van der Waals surface area contributed by atoms with E-state index in [0.717, 1.165) is 25.6 Å². The Bertz CT molecular complexity index is 526. The maximum atomic E-state index is 11.6. The van der Waals surface area contributed by atoms with Gasteiger partial charge in [0.25, 0.3) is 0 Å². The molecule has 0 fully saturated rings. The summed E-state index contributed by atoms with van der Waals surface area (Å²) in [7, 11) is 5.28. The largest absolute Gasteiger partial charge is 0.356 e. The van der Waals surface area contributed by atoms with Crippen molar-refractivity contribution >= 4 is 11.9 Å². The molecular weight excluding hydrogens is 314 g/mol. The zero-order chi connectivity index (χ0) is 18.7. The van der Waals surface area contributed by atoms with E-state index in [-0.39, 0.29) is 11.9 Å². The van der Waals surface area contributed by atoms with E-state index >= 15 is 0 Å². The predicted molar refractivity (Wildman–Crippen MR) is 105 cm³/mol. The number of hydrogen-bond acceptors (Lipinski definition) is 3. The van der Waals surface area contributed by atoms with E-state index < -0.39 is 0 Å². The molecule has 0 aliphatic carbocycles. The quantitative estimate of drug-likeness (QED) is 0.527. The second-order valence-electron chi connectivity index (χ2n) is 6.07. The highest BCUT2D eigenvalue weighted by atomic mass is 16.2. The second kappa shape index (κ2) is 11.5. The van der Waals surface area contributed by atoms with E-state index in [4.69, 9.17) is 0 Å². The Morgan fingerprint density at radius 2 is 1.76 bits per heavy atom. The van der Waals surface area contributed by atoms with E-state index in [1.807, 2.05) is 6.07 Å². The lowest BCUT2D eigenvalue weighted by molar-refractivity contribution is -0.128. The molecule has 2 N–H and O–H groups in total. The van der Waals surface area contributed by atoms with Crippen molar-refractivity contribution < 1.29 is 4.79 Å². The van der Waals surface area contributed by atoms with Crippen molar-refractivity contribution in [3.63, 3.8) is 0 Å². The molecule has 1 aromatic carbocycles. The van der Waals surface area contributed by atoms with E-state index in [1.165, 1.54) is 5.56 Å². The molecule has 1 aromatic rings. The van der Waals surface area contributed by atoms with Gasteiger partial charge < -0.3 is 15.5 Å². The SMILES string of the molecule is CCN(CC)C(CNC(=NC)NCCC(=O)N(C)C)c1ccccc1. The first kappa shape index (κ1) is 21.0. The van der Waals surface area contributed by atoms with Crippen LogP contribution < -0.4 is 10.6 Å². The third-order valence-electron chi connectivity index (χ3n) is 4.25. The van der Waals surface area contributed by atoms with Gasteiger partial charge >= 0.3 is 0 Å². The fourth-order valence-corrected chi connectivity index (χ4v) is 2.72. The van der Waals surface area contributed by atoms with Crippen LogP contribution in [0, 0.1) is 0 Å². The Morgan fingerprint density at radius 3 is 2.28 bits per heavy atom. The minimum Gasteiger partial charge on any atom is -0.356 e. The van der Waals surface area contributed by atoms with Gasteiger partial charge in [-0.05, 0) is 18.7 Å². The van der Waals surface area contributed by atoms with Crippen LogP contribution in [0.5, 0.6) is 0 Å². The first-order valence-corrected chi connectivity index (χ1v) is 8.97. The van der Waals surface area contributed by atoms with Crippen molar-refractivity contribution in [2.45, 2.75) is 26.3 Å². The number of amides is 1. The Kier molecular flexibility index (Phi) is 9.62. The predicted octanol–water partition coefficient (Wildman–Crippen LogP) is 1.71. The number of carbonyl (C=O) groups excluding carboxylic acids is 1. The second-order valence-corrected chi connectivity index (χ2v) is 6.07. The average Bonchev–Trinajstić information content (AvgIpc) is 2.63. The molecule has 6 heteroatoms. The zero-order valence-electron chi connectivity index (χ0n) is 16.2. The summed E-state index contributed by atoms with van der Waals surface area (Å²) >= 11 is 0. The van der Waals surface area contributed by atoms with Crippen LogP contribution in [0.1, 0.15) is 31.9 Å². The molecule has 1 amide bonds. The first-order chi connectivity index (χ1) is 12.0. The highest BCUT2D eigenvalue weighted by Crippen LogP contribution is 2.19. The Hall–Kier alpha value is -2.08. The normalized spacial score (nSPS) is 12.8. The highest BCUT2D eigenvalue weighted by molar-refractivity contribution is 5.81. The number of rotatable bonds is 9. The molecule has 6 nitrogen and oxygen atoms in total. The van der Waals surface area contributed by atoms with Crippen molar-refractivity contribution in [3.05, 3.63) is 35.9 Å². The van der Waals surface area contributed by atoms with E-state index in [9.17, 15) is 4.79 Å². The standard InChI is InChI=1S/C19H33N5O/c1-6-24(7-2)17(16-11-9-8-10-12-16)15-22-19(20-3)21-14-13-18(25)23(4)5/h8-12,17H,6-7,13-15H2,1-5H3,(H2,20,21,22). The average molecular weight is 348 g/mol. The fourth-order valence-electron chi connectivity index (χ4n) is 2.72. The summed E-state index contributed by atoms with van der Waals surface area (Å²) in [5, 5.41) is 6.60. The van der Waals surface area contributed by atoms with Crippen LogP contribution in [0.15, 0.2) is 35.3 Å². The number of nitrogens with one attached hydrogen (secondary N) is 2. The smallest absolute Gasteiger partial charge is 0.223 e. The van der Waals surface area contributed by atoms with E-state index in [1.54, 1.807) is 26.0 Å². The maximum Gasteiger partial charge on any atom is 0.223 e. The summed E-state index contributed by atoms with van der Waals surface area (Å²) in [6, 6.07) is 10.8. The lowest BCUT2D eigenvalue weighted by Crippen LogP contribution is -2.44. The summed E-state index contributed by atoms with van der Waals surface area (Å²) in [5.74, 6) is 0.827. The van der Waals surface area contributed by atoms with Crippen LogP contribution in [-0.2, 0) is 4.79 Å². The molecule has 25 heavy (non-hydrogen) atoms. The molecule has 1 unspecified atom stereocenters. The van der Waals surface area contributed by atoms with Crippen LogP contribution in [0.25, 0.3) is 0 Å². The van der Waals surface area contributed by atoms with Crippen molar-refractivity contribution in [3.8, 4) is 0 Å². The number of aliphatic imine (C=N–C) groups is 1. The third-order valence-corrected chi connectivity index (χ3v) is 4.25. The van der Waals surface area contributed by atoms with Gasteiger partial charge in [0.2, 0.25) is 5.91 Å². The number of likely N-dealkylation sites (N-methyl/N-ethyl adjacent to an activating group) is 1. The monoisotopic (exact) mass is 347 g/mol. The zero-order valence-corrected chi connectivity index (χ0v) is 16.2. The van der Waals surface area contributed by atoms with Gasteiger partial charge in [-0.1, -0.05) is 44.2 Å². The lowest BCUT2D eigenvalue weighted by Gasteiger charge is -2.30. The Balaban J connectivity index is 2.63. The molecule has 1 atom stereocenters. The number of benzene rings is 1. The molecule has 0 aliphatic rings. The van der Waals surface area contributed by atoms with Gasteiger partial charge in [0.05, 0.1) is 6.04 Å². The summed E-state index contributed by atoms with van der Waals surface area (Å²) in [4.78, 5) is 19.9. The first-order valence-electron chi connectivity index (χ1n) is 8.97. The molecule has 0 heterocycles. The van der Waals surface area contributed by atoms with Crippen molar-refractivity contribution in [1.29, 1.82) is 0 Å². The fraction of sp³-hybridized carbons (Fsp3) is 0.579. The Labute approximate surface area is 152 Å². The number of guanidine groups is 1. The van der Waals surface area contributed by atoms with Gasteiger partial charge in [-0.2, -0.15) is 0 Å². The summed E-state index contributed by atoms with van der Waals surface area (Å²) in [6.45, 7) is 7.66. The van der Waals surface area contributed by atoms with Crippen LogP contribution in [0.4, 0.5) is 0 Å². The molecule has 0 radical (unpaired) electrons. The van der Waals surface area contributed by atoms with Gasteiger partial charge in [0, 0.05) is 40.7 Å². The Morgan fingerprint density at radius 1 is 1.12 bits per heavy atom. The molecule has 0 aromatic heterocycles. The number of carbonyl (C=O) groups is 1. The van der Waals surface area contributed by atoms with Crippen LogP contribution in [0.2, 0.25) is 0 Å². The molecule has 0 spiro atoms.